The van der Waals surface area contributed by atoms with Gasteiger partial charge in [-0.2, -0.15) is 0 Å². The number of nitrogens with zero attached hydrogens (tertiary/aromatic N) is 2. The minimum absolute atomic E-state index is 0.0399. The number of rotatable bonds is 2. The van der Waals surface area contributed by atoms with Crippen LogP contribution >= 0.6 is 0 Å². The molecular weight excluding hydrogens is 224 g/mol. The summed E-state index contributed by atoms with van der Waals surface area (Å²) in [5.41, 5.74) is 1.15. The maximum atomic E-state index is 5.94. The van der Waals surface area contributed by atoms with Crippen LogP contribution in [0, 0.1) is 0 Å². The van der Waals surface area contributed by atoms with Crippen molar-refractivity contribution in [1.82, 2.24) is 4.98 Å². The van der Waals surface area contributed by atoms with Crippen molar-refractivity contribution >= 4 is 5.82 Å². The van der Waals surface area contributed by atoms with E-state index in [4.69, 9.17) is 4.84 Å². The minimum atomic E-state index is -0.0399. The van der Waals surface area contributed by atoms with Crippen LogP contribution in [0.4, 0.5) is 5.82 Å². The zero-order chi connectivity index (χ0) is 12.2. The molecule has 0 spiro atoms. The Morgan fingerprint density at radius 1 is 1.06 bits per heavy atom. The normalized spacial score (nSPS) is 18.9. The first-order valence-electron chi connectivity index (χ1n) is 6.00. The van der Waals surface area contributed by atoms with Crippen molar-refractivity contribution in [3.63, 3.8) is 0 Å². The lowest BCUT2D eigenvalue weighted by molar-refractivity contribution is 0.0570. The van der Waals surface area contributed by atoms with Gasteiger partial charge < -0.3 is 0 Å². The first kappa shape index (κ1) is 11.0. The molecule has 1 atom stereocenters. The van der Waals surface area contributed by atoms with Gasteiger partial charge in [-0.3, -0.25) is 4.84 Å². The molecule has 1 aliphatic heterocycles. The van der Waals surface area contributed by atoms with Gasteiger partial charge in [-0.25, -0.2) is 10.0 Å². The second-order valence-corrected chi connectivity index (χ2v) is 4.11. The molecule has 0 saturated heterocycles. The lowest BCUT2D eigenvalue weighted by atomic mass is 10.1. The highest BCUT2D eigenvalue weighted by Crippen LogP contribution is 2.25. The summed E-state index contributed by atoms with van der Waals surface area (Å²) in [5.74, 6) is 0.836. The van der Waals surface area contributed by atoms with Gasteiger partial charge in [0.1, 0.15) is 6.10 Å². The number of pyridine rings is 1. The highest BCUT2D eigenvalue weighted by molar-refractivity contribution is 5.37. The van der Waals surface area contributed by atoms with Gasteiger partial charge in [0.15, 0.2) is 5.82 Å². The molecule has 0 saturated carbocycles. The molecule has 0 amide bonds. The average molecular weight is 238 g/mol. The molecule has 3 heteroatoms. The molecule has 0 aliphatic carbocycles. The zero-order valence-corrected chi connectivity index (χ0v) is 9.94. The first-order chi connectivity index (χ1) is 8.93. The van der Waals surface area contributed by atoms with Crippen molar-refractivity contribution in [3.8, 4) is 0 Å². The summed E-state index contributed by atoms with van der Waals surface area (Å²) in [4.78, 5) is 10.2. The molecule has 18 heavy (non-hydrogen) atoms. The van der Waals surface area contributed by atoms with Crippen molar-refractivity contribution in [1.29, 1.82) is 0 Å². The second kappa shape index (κ2) is 5.02. The fraction of sp³-hybridized carbons (Fsp3) is 0.133. The number of hydroxylamine groups is 1. The molecule has 1 unspecified atom stereocenters. The van der Waals surface area contributed by atoms with E-state index in [0.29, 0.717) is 0 Å². The lowest BCUT2D eigenvalue weighted by Gasteiger charge is -2.29. The molecule has 1 aliphatic rings. The topological polar surface area (TPSA) is 25.4 Å². The van der Waals surface area contributed by atoms with Crippen LogP contribution in [0.25, 0.3) is 0 Å². The molecule has 3 rings (SSSR count). The Labute approximate surface area is 106 Å². The second-order valence-electron chi connectivity index (χ2n) is 4.11. The van der Waals surface area contributed by atoms with Crippen LogP contribution in [0.5, 0.6) is 0 Å². The Hall–Kier alpha value is -2.13. The number of hydrogen-bond donors (Lipinski definition) is 0. The van der Waals surface area contributed by atoms with Gasteiger partial charge in [0.25, 0.3) is 0 Å². The average Bonchev–Trinajstić information content (AvgIpc) is 2.49. The van der Waals surface area contributed by atoms with E-state index < -0.39 is 0 Å². The number of aromatic nitrogens is 1. The van der Waals surface area contributed by atoms with Gasteiger partial charge >= 0.3 is 0 Å². The maximum absolute atomic E-state index is 5.94. The Morgan fingerprint density at radius 3 is 2.67 bits per heavy atom. The molecule has 0 N–H and O–H groups in total. The maximum Gasteiger partial charge on any atom is 0.152 e. The van der Waals surface area contributed by atoms with Crippen molar-refractivity contribution in [2.75, 3.05) is 11.6 Å². The third-order valence-electron chi connectivity index (χ3n) is 2.86. The molecule has 1 aromatic heterocycles. The standard InChI is InChI=1S/C15H14N2O/c1-2-7-13(8-3-1)14-9-6-12-17(18-14)15-10-4-5-11-16-15/h1-11,14H,12H2. The third-order valence-corrected chi connectivity index (χ3v) is 2.86. The Kier molecular flexibility index (Phi) is 3.07. The first-order valence-corrected chi connectivity index (χ1v) is 6.00. The van der Waals surface area contributed by atoms with Crippen LogP contribution in [-0.2, 0) is 4.84 Å². The zero-order valence-electron chi connectivity index (χ0n) is 9.94. The molecule has 0 fully saturated rings. The summed E-state index contributed by atoms with van der Waals surface area (Å²) in [6.07, 6.45) is 5.92. The van der Waals surface area contributed by atoms with Crippen molar-refractivity contribution in [2.24, 2.45) is 0 Å². The molecule has 0 radical (unpaired) electrons. The van der Waals surface area contributed by atoms with Crippen LogP contribution in [0.2, 0.25) is 0 Å². The lowest BCUT2D eigenvalue weighted by Crippen LogP contribution is -2.29. The van der Waals surface area contributed by atoms with Crippen LogP contribution in [0.1, 0.15) is 11.7 Å². The summed E-state index contributed by atoms with van der Waals surface area (Å²) < 4.78 is 0. The molecular formula is C15H14N2O. The number of hydrogen-bond acceptors (Lipinski definition) is 3. The van der Waals surface area contributed by atoms with Crippen LogP contribution in [0.3, 0.4) is 0 Å². The van der Waals surface area contributed by atoms with Gasteiger partial charge in [0.05, 0.1) is 6.54 Å². The van der Waals surface area contributed by atoms with Gasteiger partial charge in [-0.05, 0) is 17.7 Å². The van der Waals surface area contributed by atoms with Gasteiger partial charge in [0.2, 0.25) is 0 Å². The molecule has 1 aromatic carbocycles. The third kappa shape index (κ3) is 2.26. The van der Waals surface area contributed by atoms with E-state index in [1.165, 1.54) is 0 Å². The van der Waals surface area contributed by atoms with Crippen molar-refractivity contribution in [3.05, 3.63) is 72.4 Å². The largest absolute Gasteiger partial charge is 0.259 e. The Balaban J connectivity index is 1.81. The van der Waals surface area contributed by atoms with Gasteiger partial charge in [-0.15, -0.1) is 0 Å². The van der Waals surface area contributed by atoms with E-state index >= 15 is 0 Å². The van der Waals surface area contributed by atoms with Crippen molar-refractivity contribution in [2.45, 2.75) is 6.10 Å². The molecule has 3 nitrogen and oxygen atoms in total. The Bertz CT molecular complexity index is 525. The van der Waals surface area contributed by atoms with E-state index in [9.17, 15) is 0 Å². The van der Waals surface area contributed by atoms with Gasteiger partial charge in [-0.1, -0.05) is 48.6 Å². The predicted octanol–water partition coefficient (Wildman–Crippen LogP) is 3.13. The fourth-order valence-corrected chi connectivity index (χ4v) is 1.96. The van der Waals surface area contributed by atoms with E-state index in [2.05, 4.69) is 29.3 Å². The molecule has 0 bridgehead atoms. The minimum Gasteiger partial charge on any atom is -0.259 e. The summed E-state index contributed by atoms with van der Waals surface area (Å²) >= 11 is 0. The van der Waals surface area contributed by atoms with Crippen LogP contribution in [-0.4, -0.2) is 11.5 Å². The molecule has 90 valence electrons. The number of benzene rings is 1. The summed E-state index contributed by atoms with van der Waals surface area (Å²) in [6, 6.07) is 16.0. The highest BCUT2D eigenvalue weighted by Gasteiger charge is 2.18. The van der Waals surface area contributed by atoms with Crippen LogP contribution < -0.4 is 5.06 Å². The monoisotopic (exact) mass is 238 g/mol. The van der Waals surface area contributed by atoms with E-state index in [1.54, 1.807) is 6.20 Å². The Morgan fingerprint density at radius 2 is 1.89 bits per heavy atom. The van der Waals surface area contributed by atoms with Crippen molar-refractivity contribution < 1.29 is 4.84 Å². The van der Waals surface area contributed by atoms with E-state index in [0.717, 1.165) is 17.9 Å². The van der Waals surface area contributed by atoms with Gasteiger partial charge in [0, 0.05) is 6.20 Å². The van der Waals surface area contributed by atoms with E-state index in [-0.39, 0.29) is 6.10 Å². The molecule has 2 aromatic rings. The SMILES string of the molecule is C1=CC(c2ccccc2)ON(c2ccccn2)C1. The number of anilines is 1. The summed E-state index contributed by atoms with van der Waals surface area (Å²) in [5, 5.41) is 1.82. The van der Waals surface area contributed by atoms with Crippen LogP contribution in [0.15, 0.2) is 66.9 Å². The quantitative estimate of drug-likeness (QED) is 0.752. The predicted molar refractivity (Wildman–Crippen MR) is 71.0 cm³/mol. The smallest absolute Gasteiger partial charge is 0.152 e. The van der Waals surface area contributed by atoms with E-state index in [1.807, 2.05) is 41.5 Å². The molecule has 2 heterocycles. The summed E-state index contributed by atoms with van der Waals surface area (Å²) in [7, 11) is 0. The fourth-order valence-electron chi connectivity index (χ4n) is 1.96. The summed E-state index contributed by atoms with van der Waals surface area (Å²) in [6.45, 7) is 0.723. The highest BCUT2D eigenvalue weighted by atomic mass is 16.7.